The fraction of sp³-hybridized carbons (Fsp3) is 0.565. The average molecular weight is 414 g/mol. The van der Waals surface area contributed by atoms with Crippen molar-refractivity contribution in [2.45, 2.75) is 45.6 Å². The van der Waals surface area contributed by atoms with E-state index in [0.29, 0.717) is 18.4 Å². The summed E-state index contributed by atoms with van der Waals surface area (Å²) >= 11 is 0. The Hall–Kier alpha value is -2.70. The van der Waals surface area contributed by atoms with Gasteiger partial charge in [-0.2, -0.15) is 0 Å². The Bertz CT molecular complexity index is 815. The molecule has 2 N–H and O–H groups in total. The highest BCUT2D eigenvalue weighted by Crippen LogP contribution is 2.26. The Morgan fingerprint density at radius 1 is 1.30 bits per heavy atom. The summed E-state index contributed by atoms with van der Waals surface area (Å²) in [5, 5.41) is 11.0. The van der Waals surface area contributed by atoms with Crippen LogP contribution in [0.25, 0.3) is 0 Å². The molecule has 3 rings (SSSR count). The first kappa shape index (κ1) is 22.0. The van der Waals surface area contributed by atoms with Gasteiger partial charge in [-0.15, -0.1) is 0 Å². The van der Waals surface area contributed by atoms with Gasteiger partial charge < -0.3 is 24.8 Å². The SMILES string of the molecule is CCC(CC)c1cc(CNC(=NC)NCC2CCN(c3cccc(OC)c3)C2)on1. The summed E-state index contributed by atoms with van der Waals surface area (Å²) < 4.78 is 10.8. The molecular weight excluding hydrogens is 378 g/mol. The molecular formula is C23H35N5O2. The molecule has 1 atom stereocenters. The van der Waals surface area contributed by atoms with Gasteiger partial charge in [0.1, 0.15) is 5.75 Å². The summed E-state index contributed by atoms with van der Waals surface area (Å²) in [7, 11) is 3.50. The van der Waals surface area contributed by atoms with E-state index in [-0.39, 0.29) is 0 Å². The molecule has 1 fully saturated rings. The molecule has 1 unspecified atom stereocenters. The van der Waals surface area contributed by atoms with E-state index < -0.39 is 0 Å². The summed E-state index contributed by atoms with van der Waals surface area (Å²) in [6.45, 7) is 7.92. The van der Waals surface area contributed by atoms with Crippen molar-refractivity contribution in [2.24, 2.45) is 10.9 Å². The van der Waals surface area contributed by atoms with Gasteiger partial charge >= 0.3 is 0 Å². The molecule has 0 amide bonds. The van der Waals surface area contributed by atoms with Crippen molar-refractivity contribution < 1.29 is 9.26 Å². The highest BCUT2D eigenvalue weighted by molar-refractivity contribution is 5.79. The topological polar surface area (TPSA) is 74.9 Å². The molecule has 1 aromatic heterocycles. The predicted molar refractivity (Wildman–Crippen MR) is 121 cm³/mol. The number of guanidine groups is 1. The van der Waals surface area contributed by atoms with Crippen LogP contribution < -0.4 is 20.3 Å². The standard InChI is InChI=1S/C23H35N5O2/c1-5-18(6-2)22-13-21(30-27-22)15-26-23(24-3)25-14-17-10-11-28(16-17)19-8-7-9-20(12-19)29-4/h7-9,12-13,17-18H,5-6,10-11,14-16H2,1-4H3,(H2,24,25,26). The van der Waals surface area contributed by atoms with Gasteiger partial charge in [-0.25, -0.2) is 0 Å². The van der Waals surface area contributed by atoms with Crippen LogP contribution in [0.5, 0.6) is 5.75 Å². The molecule has 0 spiro atoms. The van der Waals surface area contributed by atoms with Gasteiger partial charge in [-0.3, -0.25) is 4.99 Å². The van der Waals surface area contributed by atoms with Crippen LogP contribution in [0.2, 0.25) is 0 Å². The van der Waals surface area contributed by atoms with Crippen molar-refractivity contribution in [2.75, 3.05) is 38.7 Å². The van der Waals surface area contributed by atoms with Gasteiger partial charge in [-0.1, -0.05) is 25.1 Å². The van der Waals surface area contributed by atoms with Gasteiger partial charge in [0.2, 0.25) is 0 Å². The van der Waals surface area contributed by atoms with Gasteiger partial charge in [0, 0.05) is 50.4 Å². The second-order valence-corrected chi connectivity index (χ2v) is 7.84. The number of hydrogen-bond acceptors (Lipinski definition) is 5. The maximum absolute atomic E-state index is 5.49. The van der Waals surface area contributed by atoms with E-state index in [0.717, 1.165) is 62.1 Å². The van der Waals surface area contributed by atoms with Crippen LogP contribution in [-0.4, -0.2) is 44.9 Å². The molecule has 0 radical (unpaired) electrons. The van der Waals surface area contributed by atoms with Crippen LogP contribution in [0, 0.1) is 5.92 Å². The molecule has 1 aliphatic heterocycles. The predicted octanol–water partition coefficient (Wildman–Crippen LogP) is 3.78. The minimum Gasteiger partial charge on any atom is -0.497 e. The molecule has 2 aromatic rings. The number of aromatic nitrogens is 1. The van der Waals surface area contributed by atoms with Crippen molar-refractivity contribution in [3.8, 4) is 5.75 Å². The van der Waals surface area contributed by atoms with E-state index in [4.69, 9.17) is 9.26 Å². The normalized spacial score (nSPS) is 16.9. The third-order valence-electron chi connectivity index (χ3n) is 5.90. The van der Waals surface area contributed by atoms with Crippen LogP contribution in [0.3, 0.4) is 0 Å². The quantitative estimate of drug-likeness (QED) is 0.481. The molecule has 0 aliphatic carbocycles. The van der Waals surface area contributed by atoms with Gasteiger partial charge in [0.15, 0.2) is 11.7 Å². The summed E-state index contributed by atoms with van der Waals surface area (Å²) in [5.41, 5.74) is 2.27. The van der Waals surface area contributed by atoms with Gasteiger partial charge in [0.25, 0.3) is 0 Å². The van der Waals surface area contributed by atoms with Crippen molar-refractivity contribution in [3.05, 3.63) is 41.8 Å². The van der Waals surface area contributed by atoms with Gasteiger partial charge in [-0.05, 0) is 37.3 Å². The first-order chi connectivity index (χ1) is 14.7. The number of benzene rings is 1. The molecule has 1 aliphatic rings. The summed E-state index contributed by atoms with van der Waals surface area (Å²) in [6, 6.07) is 10.3. The minimum absolute atomic E-state index is 0.467. The minimum atomic E-state index is 0.467. The smallest absolute Gasteiger partial charge is 0.191 e. The van der Waals surface area contributed by atoms with E-state index in [1.54, 1.807) is 14.2 Å². The number of rotatable bonds is 9. The fourth-order valence-corrected chi connectivity index (χ4v) is 3.99. The molecule has 1 aromatic carbocycles. The van der Waals surface area contributed by atoms with E-state index in [1.807, 2.05) is 12.1 Å². The maximum atomic E-state index is 5.49. The Labute approximate surface area is 179 Å². The van der Waals surface area contributed by atoms with E-state index >= 15 is 0 Å². The highest BCUT2D eigenvalue weighted by atomic mass is 16.5. The van der Waals surface area contributed by atoms with Crippen molar-refractivity contribution in [1.29, 1.82) is 0 Å². The summed E-state index contributed by atoms with van der Waals surface area (Å²) in [5.74, 6) is 3.56. The zero-order chi connectivity index (χ0) is 21.3. The van der Waals surface area contributed by atoms with Gasteiger partial charge in [0.05, 0.1) is 19.3 Å². The Kier molecular flexibility index (Phi) is 7.99. The van der Waals surface area contributed by atoms with E-state index in [2.05, 4.69) is 57.7 Å². The number of methoxy groups -OCH3 is 1. The molecule has 0 saturated carbocycles. The zero-order valence-electron chi connectivity index (χ0n) is 18.6. The second-order valence-electron chi connectivity index (χ2n) is 7.84. The van der Waals surface area contributed by atoms with Crippen molar-refractivity contribution in [1.82, 2.24) is 15.8 Å². The first-order valence-corrected chi connectivity index (χ1v) is 11.0. The Morgan fingerprint density at radius 3 is 2.87 bits per heavy atom. The van der Waals surface area contributed by atoms with Crippen molar-refractivity contribution in [3.63, 3.8) is 0 Å². The number of hydrogen-bond donors (Lipinski definition) is 2. The monoisotopic (exact) mass is 413 g/mol. The van der Waals surface area contributed by atoms with Crippen LogP contribution in [0.1, 0.15) is 50.5 Å². The maximum Gasteiger partial charge on any atom is 0.191 e. The number of nitrogens with one attached hydrogen (secondary N) is 2. The molecule has 1 saturated heterocycles. The lowest BCUT2D eigenvalue weighted by atomic mass is 9.99. The third kappa shape index (κ3) is 5.68. The lowest BCUT2D eigenvalue weighted by molar-refractivity contribution is 0.368. The Morgan fingerprint density at radius 2 is 2.13 bits per heavy atom. The molecule has 164 valence electrons. The van der Waals surface area contributed by atoms with Crippen LogP contribution in [0.4, 0.5) is 5.69 Å². The summed E-state index contributed by atoms with van der Waals surface area (Å²) in [6.07, 6.45) is 3.31. The van der Waals surface area contributed by atoms with E-state index in [1.165, 1.54) is 5.69 Å². The fourth-order valence-electron chi connectivity index (χ4n) is 3.99. The number of nitrogens with zero attached hydrogens (tertiary/aromatic N) is 3. The van der Waals surface area contributed by atoms with Crippen LogP contribution >= 0.6 is 0 Å². The second kappa shape index (κ2) is 10.9. The lowest BCUT2D eigenvalue weighted by Crippen LogP contribution is -2.39. The lowest BCUT2D eigenvalue weighted by Gasteiger charge is -2.20. The zero-order valence-corrected chi connectivity index (χ0v) is 18.6. The number of ether oxygens (including phenoxy) is 1. The van der Waals surface area contributed by atoms with E-state index in [9.17, 15) is 0 Å². The first-order valence-electron chi connectivity index (χ1n) is 11.0. The molecule has 7 heteroatoms. The molecule has 2 heterocycles. The Balaban J connectivity index is 1.44. The molecule has 7 nitrogen and oxygen atoms in total. The molecule has 30 heavy (non-hydrogen) atoms. The third-order valence-corrected chi connectivity index (χ3v) is 5.90. The highest BCUT2D eigenvalue weighted by Gasteiger charge is 2.23. The van der Waals surface area contributed by atoms with Crippen LogP contribution in [-0.2, 0) is 6.54 Å². The molecule has 0 bridgehead atoms. The summed E-state index contributed by atoms with van der Waals surface area (Å²) in [4.78, 5) is 6.76. The van der Waals surface area contributed by atoms with Crippen molar-refractivity contribution >= 4 is 11.6 Å². The number of aliphatic imine (C=N–C) groups is 1. The largest absolute Gasteiger partial charge is 0.497 e. The number of anilines is 1. The average Bonchev–Trinajstić information content (AvgIpc) is 3.45. The van der Waals surface area contributed by atoms with Crippen LogP contribution in [0.15, 0.2) is 39.8 Å².